The summed E-state index contributed by atoms with van der Waals surface area (Å²) in [6, 6.07) is 0. The normalized spacial score (nSPS) is 19.5. The summed E-state index contributed by atoms with van der Waals surface area (Å²) in [7, 11) is 0. The highest BCUT2D eigenvalue weighted by Crippen LogP contribution is 2.21. The SMILES string of the molecule is CC(C)(C)OC(=O)NCC(=O)N1CCSC1C=O. The Kier molecular flexibility index (Phi) is 5.01. The molecule has 1 fully saturated rings. The predicted molar refractivity (Wildman–Crippen MR) is 68.3 cm³/mol. The first-order valence-corrected chi connectivity index (χ1v) is 6.71. The van der Waals surface area contributed by atoms with E-state index in [1.54, 1.807) is 20.8 Å². The summed E-state index contributed by atoms with van der Waals surface area (Å²) in [5.74, 6) is 0.463. The fourth-order valence-electron chi connectivity index (χ4n) is 1.43. The Morgan fingerprint density at radius 2 is 2.17 bits per heavy atom. The van der Waals surface area contributed by atoms with Crippen LogP contribution in [0.25, 0.3) is 0 Å². The summed E-state index contributed by atoms with van der Waals surface area (Å²) in [6.07, 6.45) is 0.105. The molecule has 1 atom stereocenters. The zero-order valence-corrected chi connectivity index (χ0v) is 11.6. The van der Waals surface area contributed by atoms with Crippen molar-refractivity contribution in [1.82, 2.24) is 10.2 Å². The van der Waals surface area contributed by atoms with Gasteiger partial charge >= 0.3 is 6.09 Å². The fourth-order valence-corrected chi connectivity index (χ4v) is 2.46. The zero-order valence-electron chi connectivity index (χ0n) is 10.8. The van der Waals surface area contributed by atoms with E-state index in [0.717, 1.165) is 12.0 Å². The molecule has 0 aromatic rings. The molecule has 102 valence electrons. The largest absolute Gasteiger partial charge is 0.444 e. The van der Waals surface area contributed by atoms with E-state index in [2.05, 4.69) is 5.32 Å². The Morgan fingerprint density at radius 1 is 1.50 bits per heavy atom. The molecule has 1 aliphatic heterocycles. The Morgan fingerprint density at radius 3 is 2.72 bits per heavy atom. The van der Waals surface area contributed by atoms with Gasteiger partial charge in [-0.05, 0) is 20.8 Å². The van der Waals surface area contributed by atoms with Gasteiger partial charge < -0.3 is 19.7 Å². The van der Waals surface area contributed by atoms with Crippen LogP contribution in [0, 0.1) is 0 Å². The molecular weight excluding hydrogens is 256 g/mol. The summed E-state index contributed by atoms with van der Waals surface area (Å²) in [4.78, 5) is 35.3. The number of ether oxygens (including phenoxy) is 1. The number of hydrogen-bond donors (Lipinski definition) is 1. The van der Waals surface area contributed by atoms with Crippen LogP contribution in [0.15, 0.2) is 0 Å². The summed E-state index contributed by atoms with van der Waals surface area (Å²) in [6.45, 7) is 5.61. The average Bonchev–Trinajstić information content (AvgIpc) is 2.71. The van der Waals surface area contributed by atoms with Gasteiger partial charge in [0.2, 0.25) is 5.91 Å². The molecular formula is C11H18N2O4S. The number of rotatable bonds is 3. The monoisotopic (exact) mass is 274 g/mol. The number of alkyl carbamates (subject to hydrolysis) is 1. The standard InChI is InChI=1S/C11H18N2O4S/c1-11(2,3)17-10(16)12-6-8(15)13-4-5-18-9(13)7-14/h7,9H,4-6H2,1-3H3,(H,12,16). The molecule has 1 unspecified atom stereocenters. The second-order valence-corrected chi connectivity index (χ2v) is 6.06. The minimum absolute atomic E-state index is 0.153. The lowest BCUT2D eigenvalue weighted by molar-refractivity contribution is -0.132. The lowest BCUT2D eigenvalue weighted by atomic mass is 10.2. The molecule has 0 aliphatic carbocycles. The minimum Gasteiger partial charge on any atom is -0.444 e. The lowest BCUT2D eigenvalue weighted by Gasteiger charge is -2.22. The maximum Gasteiger partial charge on any atom is 0.408 e. The third-order valence-corrected chi connectivity index (χ3v) is 3.27. The van der Waals surface area contributed by atoms with Crippen molar-refractivity contribution >= 4 is 30.0 Å². The van der Waals surface area contributed by atoms with Crippen LogP contribution in [-0.4, -0.2) is 53.0 Å². The first-order valence-electron chi connectivity index (χ1n) is 5.67. The first-order chi connectivity index (χ1) is 8.33. The van der Waals surface area contributed by atoms with Crippen molar-refractivity contribution in [2.24, 2.45) is 0 Å². The number of amides is 2. The third-order valence-electron chi connectivity index (χ3n) is 2.15. The molecule has 18 heavy (non-hydrogen) atoms. The van der Waals surface area contributed by atoms with Gasteiger partial charge in [0.25, 0.3) is 0 Å². The van der Waals surface area contributed by atoms with E-state index in [9.17, 15) is 14.4 Å². The van der Waals surface area contributed by atoms with Crippen LogP contribution in [-0.2, 0) is 14.3 Å². The second kappa shape index (κ2) is 6.08. The zero-order chi connectivity index (χ0) is 13.8. The van der Waals surface area contributed by atoms with Crippen molar-refractivity contribution < 1.29 is 19.1 Å². The lowest BCUT2D eigenvalue weighted by Crippen LogP contribution is -2.43. The van der Waals surface area contributed by atoms with Crippen molar-refractivity contribution in [2.45, 2.75) is 31.7 Å². The maximum absolute atomic E-state index is 11.8. The first kappa shape index (κ1) is 14.8. The van der Waals surface area contributed by atoms with Gasteiger partial charge in [-0.15, -0.1) is 11.8 Å². The van der Waals surface area contributed by atoms with Gasteiger partial charge in [-0.1, -0.05) is 0 Å². The van der Waals surface area contributed by atoms with E-state index in [1.807, 2.05) is 0 Å². The molecule has 6 nitrogen and oxygen atoms in total. The van der Waals surface area contributed by atoms with Gasteiger partial charge in [-0.2, -0.15) is 0 Å². The number of nitrogens with one attached hydrogen (secondary N) is 1. The molecule has 0 bridgehead atoms. The highest BCUT2D eigenvalue weighted by molar-refractivity contribution is 8.00. The molecule has 0 saturated carbocycles. The van der Waals surface area contributed by atoms with Crippen LogP contribution in [0.3, 0.4) is 0 Å². The summed E-state index contributed by atoms with van der Waals surface area (Å²) < 4.78 is 5.01. The van der Waals surface area contributed by atoms with E-state index in [1.165, 1.54) is 16.7 Å². The number of carbonyl (C=O) groups is 3. The average molecular weight is 274 g/mol. The van der Waals surface area contributed by atoms with Crippen LogP contribution in [0.4, 0.5) is 4.79 Å². The Hall–Kier alpha value is -1.24. The number of aldehydes is 1. The highest BCUT2D eigenvalue weighted by Gasteiger charge is 2.29. The smallest absolute Gasteiger partial charge is 0.408 e. The van der Waals surface area contributed by atoms with Gasteiger partial charge in [0.1, 0.15) is 17.5 Å². The van der Waals surface area contributed by atoms with Crippen LogP contribution in [0.1, 0.15) is 20.8 Å². The van der Waals surface area contributed by atoms with E-state index in [0.29, 0.717) is 6.54 Å². The molecule has 1 N–H and O–H groups in total. The van der Waals surface area contributed by atoms with Gasteiger partial charge in [0.15, 0.2) is 6.29 Å². The van der Waals surface area contributed by atoms with Gasteiger partial charge in [0, 0.05) is 12.3 Å². The molecule has 1 heterocycles. The van der Waals surface area contributed by atoms with Gasteiger partial charge in [-0.25, -0.2) is 4.79 Å². The van der Waals surface area contributed by atoms with Crippen LogP contribution in [0.2, 0.25) is 0 Å². The van der Waals surface area contributed by atoms with E-state index >= 15 is 0 Å². The molecule has 0 radical (unpaired) electrons. The molecule has 2 amide bonds. The van der Waals surface area contributed by atoms with Crippen LogP contribution in [0.5, 0.6) is 0 Å². The molecule has 1 rings (SSSR count). The topological polar surface area (TPSA) is 75.7 Å². The van der Waals surface area contributed by atoms with Crippen molar-refractivity contribution in [3.05, 3.63) is 0 Å². The molecule has 1 saturated heterocycles. The summed E-state index contributed by atoms with van der Waals surface area (Å²) in [5.41, 5.74) is -0.595. The number of thioether (sulfide) groups is 1. The Balaban J connectivity index is 2.37. The Bertz CT molecular complexity index is 340. The second-order valence-electron chi connectivity index (χ2n) is 4.84. The van der Waals surface area contributed by atoms with Crippen molar-refractivity contribution in [1.29, 1.82) is 0 Å². The van der Waals surface area contributed by atoms with Gasteiger partial charge in [0.05, 0.1) is 0 Å². The minimum atomic E-state index is -0.634. The summed E-state index contributed by atoms with van der Waals surface area (Å²) in [5, 5.41) is 1.95. The van der Waals surface area contributed by atoms with Crippen molar-refractivity contribution in [3.8, 4) is 0 Å². The van der Waals surface area contributed by atoms with E-state index in [-0.39, 0.29) is 12.5 Å². The molecule has 1 aliphatic rings. The van der Waals surface area contributed by atoms with E-state index < -0.39 is 17.1 Å². The van der Waals surface area contributed by atoms with E-state index in [4.69, 9.17) is 4.74 Å². The quantitative estimate of drug-likeness (QED) is 0.763. The van der Waals surface area contributed by atoms with Crippen LogP contribution < -0.4 is 5.32 Å². The fraction of sp³-hybridized carbons (Fsp3) is 0.727. The highest BCUT2D eigenvalue weighted by atomic mass is 32.2. The number of nitrogens with zero attached hydrogens (tertiary/aromatic N) is 1. The molecule has 7 heteroatoms. The van der Waals surface area contributed by atoms with Crippen LogP contribution >= 0.6 is 11.8 Å². The molecule has 0 spiro atoms. The van der Waals surface area contributed by atoms with Crippen molar-refractivity contribution in [3.63, 3.8) is 0 Å². The molecule has 0 aromatic carbocycles. The van der Waals surface area contributed by atoms with Gasteiger partial charge in [-0.3, -0.25) is 4.79 Å². The predicted octanol–water partition coefficient (Wildman–Crippen LogP) is 0.611. The van der Waals surface area contributed by atoms with Crippen molar-refractivity contribution in [2.75, 3.05) is 18.8 Å². The number of hydrogen-bond acceptors (Lipinski definition) is 5. The molecule has 0 aromatic heterocycles. The Labute approximate surface area is 110 Å². The maximum atomic E-state index is 11.8. The number of carbonyl (C=O) groups excluding carboxylic acids is 3. The third kappa shape index (κ3) is 4.56. The summed E-state index contributed by atoms with van der Waals surface area (Å²) >= 11 is 1.42.